The molecule has 1 N–H and O–H groups in total. The minimum absolute atomic E-state index is 0.208. The summed E-state index contributed by atoms with van der Waals surface area (Å²) in [7, 11) is 0. The molecule has 2 unspecified atom stereocenters. The van der Waals surface area contributed by atoms with Crippen LogP contribution in [0.5, 0.6) is 5.75 Å². The number of anilines is 1. The van der Waals surface area contributed by atoms with Crippen LogP contribution in [0.15, 0.2) is 48.5 Å². The minimum Gasteiger partial charge on any atom is -0.491 e. The number of nitrogens with one attached hydrogen (secondary N) is 1. The summed E-state index contributed by atoms with van der Waals surface area (Å²) in [5.74, 6) is -0.887. The molecule has 30 heavy (non-hydrogen) atoms. The maximum Gasteiger partial charge on any atom is 0.262 e. The molecular weight excluding hydrogens is 380 g/mol. The Bertz CT molecular complexity index is 905. The van der Waals surface area contributed by atoms with Gasteiger partial charge in [-0.05, 0) is 36.6 Å². The second-order valence-electron chi connectivity index (χ2n) is 7.54. The summed E-state index contributed by atoms with van der Waals surface area (Å²) in [6.07, 6.45) is 2.55. The molecule has 0 saturated carbocycles. The molecule has 2 aromatic rings. The van der Waals surface area contributed by atoms with Crippen LogP contribution in [0.4, 0.5) is 5.69 Å². The second-order valence-corrected chi connectivity index (χ2v) is 7.54. The zero-order valence-corrected chi connectivity index (χ0v) is 17.7. The summed E-state index contributed by atoms with van der Waals surface area (Å²) in [6, 6.07) is 13.0. The van der Waals surface area contributed by atoms with Crippen LogP contribution in [0, 0.1) is 5.92 Å². The third kappa shape index (κ3) is 4.22. The normalized spacial score (nSPS) is 15.0. The molecule has 1 aliphatic heterocycles. The lowest BCUT2D eigenvalue weighted by molar-refractivity contribution is -0.121. The molecule has 3 rings (SSSR count). The van der Waals surface area contributed by atoms with Crippen LogP contribution >= 0.6 is 0 Å². The summed E-state index contributed by atoms with van der Waals surface area (Å²) in [4.78, 5) is 40.4. The molecule has 1 heterocycles. The van der Waals surface area contributed by atoms with Crippen LogP contribution in [0.3, 0.4) is 0 Å². The fourth-order valence-corrected chi connectivity index (χ4v) is 3.54. The first-order chi connectivity index (χ1) is 14.5. The maximum absolute atomic E-state index is 13.3. The lowest BCUT2D eigenvalue weighted by Gasteiger charge is -2.30. The number of benzene rings is 2. The maximum atomic E-state index is 13.3. The lowest BCUT2D eigenvalue weighted by Crippen LogP contribution is -2.50. The van der Waals surface area contributed by atoms with E-state index in [9.17, 15) is 14.4 Å². The van der Waals surface area contributed by atoms with Gasteiger partial charge in [0, 0.05) is 0 Å². The van der Waals surface area contributed by atoms with E-state index in [1.54, 1.807) is 36.4 Å². The molecular formula is C24H28N2O4. The van der Waals surface area contributed by atoms with Crippen LogP contribution in [0.25, 0.3) is 0 Å². The van der Waals surface area contributed by atoms with Gasteiger partial charge in [0.2, 0.25) is 5.91 Å². The summed E-state index contributed by atoms with van der Waals surface area (Å²) in [5, 5.41) is 2.89. The van der Waals surface area contributed by atoms with Crippen molar-refractivity contribution < 1.29 is 19.1 Å². The average molecular weight is 408 g/mol. The molecule has 0 fully saturated rings. The van der Waals surface area contributed by atoms with Gasteiger partial charge in [0.25, 0.3) is 11.8 Å². The smallest absolute Gasteiger partial charge is 0.262 e. The Morgan fingerprint density at radius 3 is 2.20 bits per heavy atom. The summed E-state index contributed by atoms with van der Waals surface area (Å²) in [5.41, 5.74) is 1.21. The predicted molar refractivity (Wildman–Crippen MR) is 116 cm³/mol. The monoisotopic (exact) mass is 408 g/mol. The molecule has 0 spiro atoms. The van der Waals surface area contributed by atoms with Crippen LogP contribution in [0.1, 0.15) is 60.7 Å². The number of imide groups is 1. The first-order valence-corrected chi connectivity index (χ1v) is 10.5. The minimum atomic E-state index is -0.911. The third-order valence-corrected chi connectivity index (χ3v) is 5.46. The quantitative estimate of drug-likeness (QED) is 0.489. The first-order valence-electron chi connectivity index (χ1n) is 10.5. The van der Waals surface area contributed by atoms with E-state index in [1.807, 2.05) is 26.0 Å². The number of fused-ring (bicyclic) bond motifs is 1. The molecule has 158 valence electrons. The van der Waals surface area contributed by atoms with Crippen molar-refractivity contribution >= 4 is 23.4 Å². The van der Waals surface area contributed by atoms with Crippen molar-refractivity contribution in [2.45, 2.75) is 46.1 Å². The molecule has 0 aromatic heterocycles. The van der Waals surface area contributed by atoms with Gasteiger partial charge in [0.05, 0.1) is 23.4 Å². The highest BCUT2D eigenvalue weighted by atomic mass is 16.5. The van der Waals surface area contributed by atoms with Gasteiger partial charge in [-0.2, -0.15) is 0 Å². The molecule has 2 aromatic carbocycles. The third-order valence-electron chi connectivity index (χ3n) is 5.46. The van der Waals surface area contributed by atoms with E-state index in [0.29, 0.717) is 35.6 Å². The Kier molecular flexibility index (Phi) is 6.87. The highest BCUT2D eigenvalue weighted by Crippen LogP contribution is 2.30. The van der Waals surface area contributed by atoms with Gasteiger partial charge >= 0.3 is 0 Å². The SMILES string of the molecule is CCCCOc1ccccc1NC(=O)C(C(C)CC)N1C(=O)c2ccccc2C1=O. The number of unbranched alkanes of at least 4 members (excludes halogenated alkanes) is 1. The zero-order valence-electron chi connectivity index (χ0n) is 17.7. The zero-order chi connectivity index (χ0) is 21.7. The Balaban J connectivity index is 1.87. The molecule has 6 heteroatoms. The van der Waals surface area contributed by atoms with Crippen molar-refractivity contribution in [2.75, 3.05) is 11.9 Å². The predicted octanol–water partition coefficient (Wildman–Crippen LogP) is 4.51. The van der Waals surface area contributed by atoms with E-state index in [1.165, 1.54) is 0 Å². The van der Waals surface area contributed by atoms with Crippen LogP contribution in [-0.4, -0.2) is 35.3 Å². The molecule has 0 saturated heterocycles. The Morgan fingerprint density at radius 1 is 1.00 bits per heavy atom. The molecule has 3 amide bonds. The van der Waals surface area contributed by atoms with E-state index in [2.05, 4.69) is 12.2 Å². The van der Waals surface area contributed by atoms with E-state index >= 15 is 0 Å². The van der Waals surface area contributed by atoms with Gasteiger partial charge < -0.3 is 10.1 Å². The molecule has 0 bridgehead atoms. The van der Waals surface area contributed by atoms with Crippen molar-refractivity contribution in [2.24, 2.45) is 5.92 Å². The number of carbonyl (C=O) groups excluding carboxylic acids is 3. The Morgan fingerprint density at radius 2 is 1.60 bits per heavy atom. The van der Waals surface area contributed by atoms with Crippen molar-refractivity contribution in [3.63, 3.8) is 0 Å². The summed E-state index contributed by atoms with van der Waals surface area (Å²) >= 11 is 0. The number of ether oxygens (including phenoxy) is 1. The van der Waals surface area contributed by atoms with E-state index in [4.69, 9.17) is 4.74 Å². The number of carbonyl (C=O) groups is 3. The molecule has 0 radical (unpaired) electrons. The van der Waals surface area contributed by atoms with Crippen molar-refractivity contribution in [1.82, 2.24) is 4.90 Å². The second kappa shape index (κ2) is 9.57. The lowest BCUT2D eigenvalue weighted by atomic mass is 9.96. The van der Waals surface area contributed by atoms with Crippen LogP contribution in [0.2, 0.25) is 0 Å². The van der Waals surface area contributed by atoms with Crippen molar-refractivity contribution in [1.29, 1.82) is 0 Å². The van der Waals surface area contributed by atoms with Gasteiger partial charge in [-0.25, -0.2) is 0 Å². The fraction of sp³-hybridized carbons (Fsp3) is 0.375. The number of rotatable bonds is 9. The molecule has 2 atom stereocenters. The van der Waals surface area contributed by atoms with Gasteiger partial charge in [-0.1, -0.05) is 57.9 Å². The van der Waals surface area contributed by atoms with Crippen molar-refractivity contribution in [3.05, 3.63) is 59.7 Å². The Labute approximate surface area is 177 Å². The van der Waals surface area contributed by atoms with E-state index in [-0.39, 0.29) is 5.92 Å². The van der Waals surface area contributed by atoms with Gasteiger partial charge in [0.1, 0.15) is 11.8 Å². The number of para-hydroxylation sites is 2. The van der Waals surface area contributed by atoms with E-state index < -0.39 is 23.8 Å². The largest absolute Gasteiger partial charge is 0.491 e. The van der Waals surface area contributed by atoms with Gasteiger partial charge in [-0.3, -0.25) is 19.3 Å². The molecule has 6 nitrogen and oxygen atoms in total. The number of hydrogen-bond donors (Lipinski definition) is 1. The van der Waals surface area contributed by atoms with Gasteiger partial charge in [-0.15, -0.1) is 0 Å². The highest BCUT2D eigenvalue weighted by molar-refractivity contribution is 6.23. The summed E-state index contributed by atoms with van der Waals surface area (Å²) in [6.45, 7) is 6.44. The standard InChI is InChI=1S/C24H28N2O4/c1-4-6-15-30-20-14-10-9-13-19(20)25-22(27)21(16(3)5-2)26-23(28)17-11-7-8-12-18(17)24(26)29/h7-14,16,21H,4-6,15H2,1-3H3,(H,25,27). The van der Waals surface area contributed by atoms with Crippen LogP contribution < -0.4 is 10.1 Å². The number of nitrogens with zero attached hydrogens (tertiary/aromatic N) is 1. The molecule has 0 aliphatic carbocycles. The fourth-order valence-electron chi connectivity index (χ4n) is 3.54. The topological polar surface area (TPSA) is 75.7 Å². The number of amides is 3. The van der Waals surface area contributed by atoms with Crippen LogP contribution in [-0.2, 0) is 4.79 Å². The number of hydrogen-bond acceptors (Lipinski definition) is 4. The first kappa shape index (κ1) is 21.6. The molecule has 1 aliphatic rings. The van der Waals surface area contributed by atoms with Gasteiger partial charge in [0.15, 0.2) is 0 Å². The van der Waals surface area contributed by atoms with E-state index in [0.717, 1.165) is 17.7 Å². The summed E-state index contributed by atoms with van der Waals surface area (Å²) < 4.78 is 5.80. The Hall–Kier alpha value is -3.15. The average Bonchev–Trinajstić information content (AvgIpc) is 3.00. The van der Waals surface area contributed by atoms with Crippen molar-refractivity contribution in [3.8, 4) is 5.75 Å². The highest BCUT2D eigenvalue weighted by Gasteiger charge is 2.44.